The lowest BCUT2D eigenvalue weighted by molar-refractivity contribution is 0.230. The quantitative estimate of drug-likeness (QED) is 0.778. The van der Waals surface area contributed by atoms with Crippen molar-refractivity contribution in [3.05, 3.63) is 29.6 Å². The largest absolute Gasteiger partial charge is 0.488 e. The fraction of sp³-hybridized carbons (Fsp3) is 0.400. The molecule has 0 amide bonds. The van der Waals surface area contributed by atoms with Gasteiger partial charge >= 0.3 is 0 Å². The van der Waals surface area contributed by atoms with Gasteiger partial charge in [-0.1, -0.05) is 12.1 Å². The number of hydrogen-bond donors (Lipinski definition) is 1. The highest BCUT2D eigenvalue weighted by Crippen LogP contribution is 2.20. The normalized spacial score (nSPS) is 10.5. The average molecular weight is 183 g/mol. The maximum atomic E-state index is 13.4. The predicted octanol–water partition coefficient (Wildman–Crippen LogP) is 2.07. The minimum absolute atomic E-state index is 0.0254. The summed E-state index contributed by atoms with van der Waals surface area (Å²) in [5.74, 6) is -0.0725. The van der Waals surface area contributed by atoms with Gasteiger partial charge in [0.1, 0.15) is 0 Å². The number of rotatable bonds is 3. The van der Waals surface area contributed by atoms with Crippen molar-refractivity contribution in [3.63, 3.8) is 0 Å². The summed E-state index contributed by atoms with van der Waals surface area (Å²) in [6.07, 6.45) is -0.0254. The van der Waals surface area contributed by atoms with E-state index in [1.54, 1.807) is 18.2 Å². The lowest BCUT2D eigenvalue weighted by Crippen LogP contribution is -2.09. The summed E-state index contributed by atoms with van der Waals surface area (Å²) in [6.45, 7) is 3.91. The van der Waals surface area contributed by atoms with Crippen molar-refractivity contribution in [1.82, 2.24) is 0 Å². The third kappa shape index (κ3) is 2.42. The monoisotopic (exact) mass is 183 g/mol. The Morgan fingerprint density at radius 1 is 1.46 bits per heavy atom. The van der Waals surface area contributed by atoms with Crippen LogP contribution in [-0.4, -0.2) is 6.10 Å². The van der Waals surface area contributed by atoms with Gasteiger partial charge in [-0.3, -0.25) is 0 Å². The van der Waals surface area contributed by atoms with E-state index in [1.165, 1.54) is 0 Å². The summed E-state index contributed by atoms with van der Waals surface area (Å²) in [5, 5.41) is 0. The molecule has 0 radical (unpaired) electrons. The van der Waals surface area contributed by atoms with Crippen molar-refractivity contribution in [2.75, 3.05) is 0 Å². The van der Waals surface area contributed by atoms with Gasteiger partial charge in [0.2, 0.25) is 0 Å². The zero-order valence-corrected chi connectivity index (χ0v) is 7.88. The van der Waals surface area contributed by atoms with Gasteiger partial charge in [0, 0.05) is 12.1 Å². The third-order valence-corrected chi connectivity index (χ3v) is 1.63. The van der Waals surface area contributed by atoms with E-state index in [2.05, 4.69) is 0 Å². The molecule has 0 fully saturated rings. The van der Waals surface area contributed by atoms with E-state index in [9.17, 15) is 4.39 Å². The first-order valence-electron chi connectivity index (χ1n) is 4.29. The maximum Gasteiger partial charge on any atom is 0.169 e. The van der Waals surface area contributed by atoms with Gasteiger partial charge in [-0.25, -0.2) is 4.39 Å². The molecule has 72 valence electrons. The average Bonchev–Trinajstić information content (AvgIpc) is 2.08. The van der Waals surface area contributed by atoms with Crippen LogP contribution in [0.1, 0.15) is 19.4 Å². The number of ether oxygens (including phenoxy) is 1. The smallest absolute Gasteiger partial charge is 0.169 e. The van der Waals surface area contributed by atoms with Crippen molar-refractivity contribution in [2.45, 2.75) is 26.5 Å². The lowest BCUT2D eigenvalue weighted by Gasteiger charge is -2.11. The summed E-state index contributed by atoms with van der Waals surface area (Å²) in [7, 11) is 0. The van der Waals surface area contributed by atoms with Gasteiger partial charge in [-0.05, 0) is 19.9 Å². The second kappa shape index (κ2) is 4.23. The van der Waals surface area contributed by atoms with Crippen LogP contribution in [0.4, 0.5) is 4.39 Å². The third-order valence-electron chi connectivity index (χ3n) is 1.63. The molecule has 0 spiro atoms. The van der Waals surface area contributed by atoms with E-state index in [4.69, 9.17) is 10.5 Å². The molecule has 3 heteroatoms. The van der Waals surface area contributed by atoms with Crippen LogP contribution in [-0.2, 0) is 6.54 Å². The predicted molar refractivity (Wildman–Crippen MR) is 50.1 cm³/mol. The molecule has 1 rings (SSSR count). The molecule has 2 nitrogen and oxygen atoms in total. The minimum atomic E-state index is -0.348. The molecular weight excluding hydrogens is 169 g/mol. The van der Waals surface area contributed by atoms with Crippen LogP contribution in [0.2, 0.25) is 0 Å². The fourth-order valence-corrected chi connectivity index (χ4v) is 1.06. The van der Waals surface area contributed by atoms with Crippen molar-refractivity contribution >= 4 is 0 Å². The zero-order chi connectivity index (χ0) is 9.84. The number of halogens is 1. The number of benzene rings is 1. The Kier molecular flexibility index (Phi) is 3.25. The van der Waals surface area contributed by atoms with Crippen molar-refractivity contribution in [3.8, 4) is 5.75 Å². The first kappa shape index (κ1) is 9.99. The molecule has 0 saturated heterocycles. The molecule has 0 aromatic heterocycles. The molecule has 1 aromatic carbocycles. The van der Waals surface area contributed by atoms with Crippen molar-refractivity contribution in [1.29, 1.82) is 0 Å². The topological polar surface area (TPSA) is 35.2 Å². The zero-order valence-electron chi connectivity index (χ0n) is 7.88. The lowest BCUT2D eigenvalue weighted by atomic mass is 10.2. The van der Waals surface area contributed by atoms with Crippen LogP contribution >= 0.6 is 0 Å². The van der Waals surface area contributed by atoms with E-state index >= 15 is 0 Å². The Bertz CT molecular complexity index is 286. The first-order chi connectivity index (χ1) is 6.15. The van der Waals surface area contributed by atoms with Crippen LogP contribution in [0.25, 0.3) is 0 Å². The minimum Gasteiger partial charge on any atom is -0.488 e. The molecule has 0 unspecified atom stereocenters. The summed E-state index contributed by atoms with van der Waals surface area (Å²) in [6, 6.07) is 5.00. The fourth-order valence-electron chi connectivity index (χ4n) is 1.06. The van der Waals surface area contributed by atoms with Gasteiger partial charge in [0.05, 0.1) is 6.10 Å². The molecule has 0 atom stereocenters. The molecule has 0 aliphatic carbocycles. The maximum absolute atomic E-state index is 13.4. The van der Waals surface area contributed by atoms with E-state index in [0.717, 1.165) is 0 Å². The van der Waals surface area contributed by atoms with Gasteiger partial charge < -0.3 is 10.5 Å². The van der Waals surface area contributed by atoms with Crippen molar-refractivity contribution < 1.29 is 9.13 Å². The van der Waals surface area contributed by atoms with Gasteiger partial charge in [-0.15, -0.1) is 0 Å². The Morgan fingerprint density at radius 2 is 2.15 bits per heavy atom. The SMILES string of the molecule is CC(C)Oc1cccc(CN)c1F. The molecule has 2 N–H and O–H groups in total. The molecule has 0 saturated carbocycles. The number of nitrogens with two attached hydrogens (primary N) is 1. The highest BCUT2D eigenvalue weighted by molar-refractivity contribution is 5.31. The van der Waals surface area contributed by atoms with E-state index in [-0.39, 0.29) is 24.2 Å². The molecule has 13 heavy (non-hydrogen) atoms. The Hall–Kier alpha value is -1.09. The molecule has 0 aliphatic rings. The van der Waals surface area contributed by atoms with Crippen LogP contribution in [0.5, 0.6) is 5.75 Å². The first-order valence-corrected chi connectivity index (χ1v) is 4.29. The van der Waals surface area contributed by atoms with Crippen LogP contribution < -0.4 is 10.5 Å². The second-order valence-electron chi connectivity index (χ2n) is 3.10. The van der Waals surface area contributed by atoms with Gasteiger partial charge in [0.25, 0.3) is 0 Å². The second-order valence-corrected chi connectivity index (χ2v) is 3.10. The van der Waals surface area contributed by atoms with E-state index in [0.29, 0.717) is 5.56 Å². The van der Waals surface area contributed by atoms with Crippen LogP contribution in [0.15, 0.2) is 18.2 Å². The summed E-state index contributed by atoms with van der Waals surface area (Å²) in [4.78, 5) is 0. The molecule has 0 bridgehead atoms. The standard InChI is InChI=1S/C10H14FNO/c1-7(2)13-9-5-3-4-8(6-12)10(9)11/h3-5,7H,6,12H2,1-2H3. The summed E-state index contributed by atoms with van der Waals surface area (Å²) in [5.41, 5.74) is 5.84. The number of hydrogen-bond acceptors (Lipinski definition) is 2. The van der Waals surface area contributed by atoms with Crippen LogP contribution in [0.3, 0.4) is 0 Å². The Balaban J connectivity index is 2.94. The molecule has 0 aliphatic heterocycles. The van der Waals surface area contributed by atoms with Gasteiger partial charge in [0.15, 0.2) is 11.6 Å². The van der Waals surface area contributed by atoms with Crippen molar-refractivity contribution in [2.24, 2.45) is 5.73 Å². The molecule has 1 aromatic rings. The van der Waals surface area contributed by atoms with Crippen LogP contribution in [0, 0.1) is 5.82 Å². The highest BCUT2D eigenvalue weighted by Gasteiger charge is 2.08. The Labute approximate surface area is 77.5 Å². The summed E-state index contributed by atoms with van der Waals surface area (Å²) < 4.78 is 18.7. The van der Waals surface area contributed by atoms with E-state index in [1.807, 2.05) is 13.8 Å². The molecule has 0 heterocycles. The molecular formula is C10H14FNO. The summed E-state index contributed by atoms with van der Waals surface area (Å²) >= 11 is 0. The Morgan fingerprint density at radius 3 is 2.69 bits per heavy atom. The highest BCUT2D eigenvalue weighted by atomic mass is 19.1. The van der Waals surface area contributed by atoms with Gasteiger partial charge in [-0.2, -0.15) is 0 Å². The van der Waals surface area contributed by atoms with E-state index < -0.39 is 0 Å².